The lowest BCUT2D eigenvalue weighted by molar-refractivity contribution is -0.140. The number of halogens is 4. The molecule has 0 spiro atoms. The van der Waals surface area contributed by atoms with E-state index in [0.29, 0.717) is 21.8 Å². The molecule has 2 N–H and O–H groups in total. The lowest BCUT2D eigenvalue weighted by Crippen LogP contribution is -2.12. The summed E-state index contributed by atoms with van der Waals surface area (Å²) in [5, 5.41) is 1.19. The fourth-order valence-electron chi connectivity index (χ4n) is 4.29. The standard InChI is InChI=1S/C26H23F4N2O/c1-2-3-4-7-16-12-13-18-22(14-16)32(21-11-6-9-19(23(18)21)25(31)33)15-17-8-5-10-20(24(17)27)26(28,29)30/h5-6,8-12,14H,2-4,7,15H2,1H3,(H2,31,33). The van der Waals surface area contributed by atoms with Crippen LogP contribution in [0.4, 0.5) is 17.6 Å². The average molecular weight is 455 g/mol. The number of aryl methyl sites for hydroxylation is 1. The van der Waals surface area contributed by atoms with Crippen molar-refractivity contribution in [3.05, 3.63) is 82.7 Å². The molecule has 33 heavy (non-hydrogen) atoms. The van der Waals surface area contributed by atoms with Gasteiger partial charge in [0.05, 0.1) is 23.1 Å². The largest absolute Gasteiger partial charge is 0.419 e. The van der Waals surface area contributed by atoms with Gasteiger partial charge in [0.15, 0.2) is 0 Å². The Morgan fingerprint density at radius 1 is 1.09 bits per heavy atom. The lowest BCUT2D eigenvalue weighted by Gasteiger charge is -2.13. The summed E-state index contributed by atoms with van der Waals surface area (Å²) in [6.45, 7) is 1.98. The van der Waals surface area contributed by atoms with Crippen molar-refractivity contribution >= 4 is 27.7 Å². The van der Waals surface area contributed by atoms with Crippen LogP contribution in [-0.4, -0.2) is 10.5 Å². The first-order valence-corrected chi connectivity index (χ1v) is 10.8. The van der Waals surface area contributed by atoms with Crippen LogP contribution < -0.4 is 5.73 Å². The van der Waals surface area contributed by atoms with Gasteiger partial charge in [0.25, 0.3) is 0 Å². The molecule has 7 heteroatoms. The maximum absolute atomic E-state index is 14.8. The highest BCUT2D eigenvalue weighted by atomic mass is 19.4. The van der Waals surface area contributed by atoms with E-state index < -0.39 is 23.5 Å². The number of carbonyl (C=O) groups is 1. The number of nitrogens with zero attached hydrogens (tertiary/aromatic N) is 1. The van der Waals surface area contributed by atoms with Gasteiger partial charge in [0.2, 0.25) is 5.91 Å². The number of nitrogens with two attached hydrogens (primary N) is 1. The first kappa shape index (κ1) is 22.8. The molecule has 3 aromatic carbocycles. The van der Waals surface area contributed by atoms with Gasteiger partial charge in [-0.05, 0) is 48.7 Å². The van der Waals surface area contributed by atoms with Crippen LogP contribution in [0.5, 0.6) is 0 Å². The summed E-state index contributed by atoms with van der Waals surface area (Å²) in [7, 11) is 0. The van der Waals surface area contributed by atoms with Crippen LogP contribution in [0.3, 0.4) is 0 Å². The van der Waals surface area contributed by atoms with Crippen molar-refractivity contribution in [3.63, 3.8) is 0 Å². The van der Waals surface area contributed by atoms with Gasteiger partial charge in [-0.1, -0.05) is 44.0 Å². The van der Waals surface area contributed by atoms with Gasteiger partial charge in [0.1, 0.15) is 5.82 Å². The molecular weight excluding hydrogens is 432 g/mol. The van der Waals surface area contributed by atoms with Gasteiger partial charge in [0, 0.05) is 21.9 Å². The number of fused-ring (bicyclic) bond motifs is 3. The molecule has 1 radical (unpaired) electrons. The topological polar surface area (TPSA) is 48.0 Å². The van der Waals surface area contributed by atoms with Gasteiger partial charge >= 0.3 is 6.18 Å². The fraction of sp³-hybridized carbons (Fsp3) is 0.269. The Labute approximate surface area is 188 Å². The molecule has 0 saturated carbocycles. The number of carbonyl (C=O) groups excluding carboxylic acids is 1. The van der Waals surface area contributed by atoms with E-state index in [2.05, 4.69) is 13.0 Å². The summed E-state index contributed by atoms with van der Waals surface area (Å²) in [4.78, 5) is 12.1. The predicted octanol–water partition coefficient (Wildman–Crippen LogP) is 6.63. The third-order valence-corrected chi connectivity index (χ3v) is 5.90. The number of amides is 1. The molecular formula is C26H23F4N2O. The number of primary amides is 1. The van der Waals surface area contributed by atoms with Crippen LogP contribution in [-0.2, 0) is 19.1 Å². The number of unbranched alkanes of at least 4 members (excludes halogenated alkanes) is 2. The van der Waals surface area contributed by atoms with Crippen molar-refractivity contribution in [2.24, 2.45) is 5.73 Å². The fourth-order valence-corrected chi connectivity index (χ4v) is 4.29. The minimum Gasteiger partial charge on any atom is -0.366 e. The Morgan fingerprint density at radius 3 is 2.55 bits per heavy atom. The maximum Gasteiger partial charge on any atom is 0.419 e. The Morgan fingerprint density at radius 2 is 1.85 bits per heavy atom. The van der Waals surface area contributed by atoms with E-state index >= 15 is 0 Å². The first-order valence-electron chi connectivity index (χ1n) is 10.8. The van der Waals surface area contributed by atoms with Crippen molar-refractivity contribution in [3.8, 4) is 0 Å². The van der Waals surface area contributed by atoms with Crippen molar-refractivity contribution in [2.45, 2.75) is 45.3 Å². The van der Waals surface area contributed by atoms with E-state index in [1.807, 2.05) is 12.1 Å². The number of benzene rings is 3. The second-order valence-corrected chi connectivity index (χ2v) is 8.15. The lowest BCUT2D eigenvalue weighted by atomic mass is 10.0. The van der Waals surface area contributed by atoms with Gasteiger partial charge in [-0.3, -0.25) is 4.79 Å². The summed E-state index contributed by atoms with van der Waals surface area (Å²) in [6.07, 6.45) is -0.834. The molecule has 0 aliphatic rings. The molecule has 0 aliphatic heterocycles. The van der Waals surface area contributed by atoms with Crippen LogP contribution in [0.15, 0.2) is 48.5 Å². The highest BCUT2D eigenvalue weighted by Gasteiger charge is 2.35. The minimum absolute atomic E-state index is 0.0931. The molecule has 4 aromatic rings. The Bertz CT molecular complexity index is 1340. The summed E-state index contributed by atoms with van der Waals surface area (Å²) in [6, 6.07) is 15.3. The number of alkyl halides is 3. The molecule has 0 bridgehead atoms. The molecule has 4 rings (SSSR count). The normalized spacial score (nSPS) is 12.0. The van der Waals surface area contributed by atoms with E-state index in [1.165, 1.54) is 12.1 Å². The molecule has 0 aliphatic carbocycles. The van der Waals surface area contributed by atoms with Crippen LogP contribution in [0.2, 0.25) is 0 Å². The molecule has 0 unspecified atom stereocenters. The third kappa shape index (κ3) is 4.32. The van der Waals surface area contributed by atoms with Gasteiger partial charge in [-0.15, -0.1) is 0 Å². The second-order valence-electron chi connectivity index (χ2n) is 8.15. The first-order chi connectivity index (χ1) is 15.7. The highest BCUT2D eigenvalue weighted by Crippen LogP contribution is 2.35. The van der Waals surface area contributed by atoms with E-state index in [1.54, 1.807) is 22.8 Å². The molecule has 171 valence electrons. The molecule has 1 heterocycles. The minimum atomic E-state index is -4.79. The molecule has 0 atom stereocenters. The number of hydrogen-bond acceptors (Lipinski definition) is 1. The maximum atomic E-state index is 14.8. The number of hydrogen-bond donors (Lipinski definition) is 1. The van der Waals surface area contributed by atoms with E-state index in [4.69, 9.17) is 5.73 Å². The van der Waals surface area contributed by atoms with Gasteiger partial charge in [-0.25, -0.2) is 4.39 Å². The van der Waals surface area contributed by atoms with Crippen LogP contribution >= 0.6 is 0 Å². The summed E-state index contributed by atoms with van der Waals surface area (Å²) in [5.41, 5.74) is 6.76. The Kier molecular flexibility index (Phi) is 6.15. The summed E-state index contributed by atoms with van der Waals surface area (Å²) < 4.78 is 56.3. The van der Waals surface area contributed by atoms with Crippen LogP contribution in [0, 0.1) is 11.9 Å². The van der Waals surface area contributed by atoms with Crippen LogP contribution in [0.25, 0.3) is 21.8 Å². The quantitative estimate of drug-likeness (QED) is 0.247. The highest BCUT2D eigenvalue weighted by molar-refractivity contribution is 6.17. The second kappa shape index (κ2) is 8.89. The van der Waals surface area contributed by atoms with Crippen molar-refractivity contribution in [2.75, 3.05) is 0 Å². The SMILES string of the molecule is CCCCCc1c[c]c2c3c(C(N)=O)cccc3n(Cc3cccc(C(F)(F)F)c3F)c2c1. The van der Waals surface area contributed by atoms with E-state index in [0.717, 1.165) is 37.3 Å². The molecule has 0 fully saturated rings. The van der Waals surface area contributed by atoms with E-state index in [-0.39, 0.29) is 17.7 Å². The smallest absolute Gasteiger partial charge is 0.366 e. The Hall–Kier alpha value is -3.35. The van der Waals surface area contributed by atoms with E-state index in [9.17, 15) is 22.4 Å². The zero-order chi connectivity index (χ0) is 23.8. The van der Waals surface area contributed by atoms with Crippen LogP contribution in [0.1, 0.15) is 53.2 Å². The Balaban J connectivity index is 1.93. The number of rotatable bonds is 7. The third-order valence-electron chi connectivity index (χ3n) is 5.90. The van der Waals surface area contributed by atoms with Gasteiger partial charge in [-0.2, -0.15) is 13.2 Å². The van der Waals surface area contributed by atoms with Crippen molar-refractivity contribution in [1.29, 1.82) is 0 Å². The van der Waals surface area contributed by atoms with Crippen molar-refractivity contribution in [1.82, 2.24) is 4.57 Å². The molecule has 1 aromatic heterocycles. The average Bonchev–Trinajstić information content (AvgIpc) is 3.07. The van der Waals surface area contributed by atoms with Gasteiger partial charge < -0.3 is 10.3 Å². The summed E-state index contributed by atoms with van der Waals surface area (Å²) in [5.74, 6) is -1.92. The number of aromatic nitrogens is 1. The zero-order valence-electron chi connectivity index (χ0n) is 18.1. The monoisotopic (exact) mass is 455 g/mol. The predicted molar refractivity (Wildman–Crippen MR) is 121 cm³/mol. The van der Waals surface area contributed by atoms with Crippen molar-refractivity contribution < 1.29 is 22.4 Å². The zero-order valence-corrected chi connectivity index (χ0v) is 18.1. The summed E-state index contributed by atoms with van der Waals surface area (Å²) >= 11 is 0. The molecule has 3 nitrogen and oxygen atoms in total. The molecule has 0 saturated heterocycles. The molecule has 1 amide bonds.